The zero-order valence-corrected chi connectivity index (χ0v) is 16.9. The number of benzene rings is 1. The van der Waals surface area contributed by atoms with E-state index in [9.17, 15) is 9.18 Å². The molecular weight excluding hydrogens is 409 g/mol. The highest BCUT2D eigenvalue weighted by Gasteiger charge is 2.25. The van der Waals surface area contributed by atoms with Gasteiger partial charge in [0, 0.05) is 36.0 Å². The Bertz CT molecular complexity index is 1340. The lowest BCUT2D eigenvalue weighted by Gasteiger charge is -2.16. The van der Waals surface area contributed by atoms with E-state index in [0.29, 0.717) is 23.0 Å². The summed E-state index contributed by atoms with van der Waals surface area (Å²) >= 11 is 0. The van der Waals surface area contributed by atoms with Crippen LogP contribution in [0.3, 0.4) is 0 Å². The minimum atomic E-state index is -0.512. The predicted molar refractivity (Wildman–Crippen MR) is 117 cm³/mol. The molecule has 0 aliphatic carbocycles. The summed E-state index contributed by atoms with van der Waals surface area (Å²) in [6.07, 6.45) is 3.45. The number of nitrogens with one attached hydrogen (secondary N) is 2. The van der Waals surface area contributed by atoms with Gasteiger partial charge in [-0.1, -0.05) is 6.07 Å². The Morgan fingerprint density at radius 3 is 2.88 bits per heavy atom. The average Bonchev–Trinajstić information content (AvgIpc) is 3.46. The minimum Gasteiger partial charge on any atom is -0.354 e. The number of carbonyl (C=O) groups excluding carboxylic acids is 1. The number of hydrogen-bond donors (Lipinski definition) is 2. The molecule has 1 fully saturated rings. The largest absolute Gasteiger partial charge is 0.354 e. The van der Waals surface area contributed by atoms with Crippen LogP contribution in [-0.2, 0) is 0 Å². The molecule has 158 valence electrons. The fraction of sp³-hybridized carbons (Fsp3) is 0.174. The van der Waals surface area contributed by atoms with Gasteiger partial charge in [0.15, 0.2) is 11.5 Å². The molecular formula is C23H18FN7O. The highest BCUT2D eigenvalue weighted by molar-refractivity contribution is 6.05. The summed E-state index contributed by atoms with van der Waals surface area (Å²) in [5.41, 5.74) is 3.02. The number of carbonyl (C=O) groups is 1. The molecule has 1 aliphatic rings. The van der Waals surface area contributed by atoms with Gasteiger partial charge in [-0.05, 0) is 42.3 Å². The third kappa shape index (κ3) is 3.86. The topological polar surface area (TPSA) is 111 Å². The van der Waals surface area contributed by atoms with Crippen molar-refractivity contribution in [2.24, 2.45) is 0 Å². The van der Waals surface area contributed by atoms with Crippen LogP contribution in [0.25, 0.3) is 10.9 Å². The van der Waals surface area contributed by atoms with Crippen LogP contribution in [-0.4, -0.2) is 39.2 Å². The van der Waals surface area contributed by atoms with Gasteiger partial charge in [0.1, 0.15) is 17.6 Å². The van der Waals surface area contributed by atoms with E-state index in [1.807, 2.05) is 18.2 Å². The van der Waals surface area contributed by atoms with E-state index in [-0.39, 0.29) is 5.91 Å². The van der Waals surface area contributed by atoms with Crippen LogP contribution in [0.15, 0.2) is 54.9 Å². The molecule has 1 aromatic carbocycles. The van der Waals surface area contributed by atoms with Crippen molar-refractivity contribution in [2.45, 2.75) is 12.3 Å². The Labute approximate surface area is 182 Å². The molecule has 1 amide bonds. The van der Waals surface area contributed by atoms with E-state index < -0.39 is 5.82 Å². The molecule has 8 nitrogen and oxygen atoms in total. The van der Waals surface area contributed by atoms with Crippen LogP contribution in [0.1, 0.15) is 34.1 Å². The molecule has 0 saturated carbocycles. The van der Waals surface area contributed by atoms with Gasteiger partial charge in [-0.15, -0.1) is 10.2 Å². The molecule has 0 bridgehead atoms. The molecule has 3 aromatic heterocycles. The van der Waals surface area contributed by atoms with Crippen LogP contribution in [0.4, 0.5) is 15.9 Å². The molecule has 1 unspecified atom stereocenters. The number of amides is 1. The summed E-state index contributed by atoms with van der Waals surface area (Å²) in [4.78, 5) is 21.6. The maximum absolute atomic E-state index is 13.3. The fourth-order valence-electron chi connectivity index (χ4n) is 4.00. The van der Waals surface area contributed by atoms with Crippen LogP contribution in [0.2, 0.25) is 0 Å². The first-order valence-corrected chi connectivity index (χ1v) is 10.1. The summed E-state index contributed by atoms with van der Waals surface area (Å²) in [5.74, 6) is 0.214. The molecule has 2 N–H and O–H groups in total. The van der Waals surface area contributed by atoms with E-state index in [1.54, 1.807) is 12.1 Å². The van der Waals surface area contributed by atoms with Crippen molar-refractivity contribution in [3.63, 3.8) is 0 Å². The zero-order chi connectivity index (χ0) is 22.1. The van der Waals surface area contributed by atoms with Crippen molar-refractivity contribution in [2.75, 3.05) is 23.3 Å². The maximum Gasteiger partial charge on any atom is 0.272 e. The number of nitriles is 1. The normalized spacial score (nSPS) is 15.6. The summed E-state index contributed by atoms with van der Waals surface area (Å²) in [6, 6.07) is 14.6. The van der Waals surface area contributed by atoms with Gasteiger partial charge >= 0.3 is 0 Å². The van der Waals surface area contributed by atoms with E-state index >= 15 is 0 Å². The SMILES string of the molecule is N#Cc1ccc(N2CCC(c3ccc4[nH]c(C(=O)Nc5cncc(F)c5)cc4c3)C2)nn1. The van der Waals surface area contributed by atoms with E-state index in [1.165, 1.54) is 17.8 Å². The highest BCUT2D eigenvalue weighted by atomic mass is 19.1. The van der Waals surface area contributed by atoms with Crippen molar-refractivity contribution < 1.29 is 9.18 Å². The lowest BCUT2D eigenvalue weighted by molar-refractivity contribution is 0.102. The molecule has 1 aliphatic heterocycles. The van der Waals surface area contributed by atoms with Crippen molar-refractivity contribution in [1.29, 1.82) is 5.26 Å². The smallest absolute Gasteiger partial charge is 0.272 e. The van der Waals surface area contributed by atoms with Gasteiger partial charge < -0.3 is 15.2 Å². The summed E-state index contributed by atoms with van der Waals surface area (Å²) < 4.78 is 13.3. The van der Waals surface area contributed by atoms with Crippen LogP contribution in [0.5, 0.6) is 0 Å². The number of nitrogens with zero attached hydrogens (tertiary/aromatic N) is 5. The lowest BCUT2D eigenvalue weighted by atomic mass is 9.97. The molecule has 4 aromatic rings. The molecule has 5 rings (SSSR count). The monoisotopic (exact) mass is 427 g/mol. The molecule has 4 heterocycles. The van der Waals surface area contributed by atoms with Gasteiger partial charge in [-0.2, -0.15) is 5.26 Å². The van der Waals surface area contributed by atoms with Crippen molar-refractivity contribution in [3.05, 3.63) is 77.6 Å². The third-order valence-electron chi connectivity index (χ3n) is 5.60. The molecule has 0 spiro atoms. The summed E-state index contributed by atoms with van der Waals surface area (Å²) in [7, 11) is 0. The molecule has 0 radical (unpaired) electrons. The number of aromatic nitrogens is 4. The van der Waals surface area contributed by atoms with Crippen molar-refractivity contribution in [3.8, 4) is 6.07 Å². The highest BCUT2D eigenvalue weighted by Crippen LogP contribution is 2.31. The average molecular weight is 427 g/mol. The number of anilines is 2. The van der Waals surface area contributed by atoms with Gasteiger partial charge in [0.05, 0.1) is 18.1 Å². The number of fused-ring (bicyclic) bond motifs is 1. The van der Waals surface area contributed by atoms with Crippen molar-refractivity contribution in [1.82, 2.24) is 20.2 Å². The van der Waals surface area contributed by atoms with Gasteiger partial charge in [-0.3, -0.25) is 9.78 Å². The summed E-state index contributed by atoms with van der Waals surface area (Å²) in [6.45, 7) is 1.65. The second kappa shape index (κ2) is 8.07. The quantitative estimate of drug-likeness (QED) is 0.515. The Morgan fingerprint density at radius 1 is 1.19 bits per heavy atom. The van der Waals surface area contributed by atoms with Gasteiger partial charge in [-0.25, -0.2) is 4.39 Å². The predicted octanol–water partition coefficient (Wildman–Crippen LogP) is 3.61. The Balaban J connectivity index is 1.31. The number of pyridine rings is 1. The van der Waals surface area contributed by atoms with Crippen LogP contribution >= 0.6 is 0 Å². The minimum absolute atomic E-state index is 0.297. The van der Waals surface area contributed by atoms with Crippen LogP contribution < -0.4 is 10.2 Å². The number of aromatic amines is 1. The number of H-pyrrole nitrogens is 1. The first-order chi connectivity index (χ1) is 15.6. The fourth-order valence-corrected chi connectivity index (χ4v) is 4.00. The lowest BCUT2D eigenvalue weighted by Crippen LogP contribution is -2.20. The number of hydrogen-bond acceptors (Lipinski definition) is 6. The van der Waals surface area contributed by atoms with E-state index in [4.69, 9.17) is 5.26 Å². The number of halogens is 1. The number of rotatable bonds is 4. The first-order valence-electron chi connectivity index (χ1n) is 10.1. The van der Waals surface area contributed by atoms with Gasteiger partial charge in [0.25, 0.3) is 5.91 Å². The summed E-state index contributed by atoms with van der Waals surface area (Å²) in [5, 5.41) is 20.5. The second-order valence-corrected chi connectivity index (χ2v) is 7.70. The molecule has 1 atom stereocenters. The Kier molecular flexibility index (Phi) is 4.95. The zero-order valence-electron chi connectivity index (χ0n) is 16.9. The molecule has 9 heteroatoms. The first kappa shape index (κ1) is 19.6. The molecule has 1 saturated heterocycles. The second-order valence-electron chi connectivity index (χ2n) is 7.70. The van der Waals surface area contributed by atoms with Crippen molar-refractivity contribution >= 4 is 28.3 Å². The third-order valence-corrected chi connectivity index (χ3v) is 5.60. The van der Waals surface area contributed by atoms with Gasteiger partial charge in [0.2, 0.25) is 0 Å². The van der Waals surface area contributed by atoms with E-state index in [0.717, 1.165) is 42.4 Å². The maximum atomic E-state index is 13.3. The Hall–Kier alpha value is -4.32. The Morgan fingerprint density at radius 2 is 2.09 bits per heavy atom. The van der Waals surface area contributed by atoms with E-state index in [2.05, 4.69) is 42.5 Å². The van der Waals surface area contributed by atoms with Crippen LogP contribution in [0, 0.1) is 17.1 Å². The molecule has 32 heavy (non-hydrogen) atoms. The standard InChI is InChI=1S/C23H18FN7O/c24-17-9-19(12-26-11-17)27-23(32)21-8-16-7-14(1-3-20(16)28-21)15-5-6-31(13-15)22-4-2-18(10-25)29-30-22/h1-4,7-9,11-12,15,28H,5-6,13H2,(H,27,32).